The average molecular weight is 529 g/mol. The highest BCUT2D eigenvalue weighted by Crippen LogP contribution is 2.28. The molecule has 0 heterocycles. The number of rotatable bonds is 4. The number of benzene rings is 1. The first-order valence-corrected chi connectivity index (χ1v) is 7.45. The number of phenolic OH excluding ortho intramolecular Hbond substituents is 1. The van der Waals surface area contributed by atoms with E-state index in [1.807, 2.05) is 45.2 Å². The Balaban J connectivity index is 2.95. The summed E-state index contributed by atoms with van der Waals surface area (Å²) < 4.78 is 37.3. The molecule has 1 rings (SSSR count). The molecule has 1 amide bonds. The van der Waals surface area contributed by atoms with E-state index in [2.05, 4.69) is 0 Å². The summed E-state index contributed by atoms with van der Waals surface area (Å²) in [4.78, 5) is 21.8. The van der Waals surface area contributed by atoms with Crippen LogP contribution in [0.4, 0.5) is 13.2 Å². The fourth-order valence-electron chi connectivity index (χ4n) is 1.41. The van der Waals surface area contributed by atoms with Gasteiger partial charge in [0.05, 0.1) is 7.14 Å². The minimum absolute atomic E-state index is 0.00570. The van der Waals surface area contributed by atoms with Gasteiger partial charge in [0.2, 0.25) is 0 Å². The predicted molar refractivity (Wildman–Crippen MR) is 82.9 cm³/mol. The van der Waals surface area contributed by atoms with Gasteiger partial charge in [0.25, 0.3) is 0 Å². The molecule has 1 atom stereocenters. The Morgan fingerprint density at radius 3 is 2.10 bits per heavy atom. The number of hydrogen-bond acceptors (Lipinski definition) is 3. The lowest BCUT2D eigenvalue weighted by atomic mass is 10.1. The van der Waals surface area contributed by atoms with Crippen molar-refractivity contribution in [3.63, 3.8) is 0 Å². The van der Waals surface area contributed by atoms with Crippen molar-refractivity contribution in [2.75, 3.05) is 0 Å². The van der Waals surface area contributed by atoms with Crippen LogP contribution in [0.25, 0.3) is 0 Å². The smallest absolute Gasteiger partial charge is 0.471 e. The zero-order valence-electron chi connectivity index (χ0n) is 10.0. The molecular formula is C11H8F3I2NO4. The van der Waals surface area contributed by atoms with Gasteiger partial charge in [-0.3, -0.25) is 4.79 Å². The van der Waals surface area contributed by atoms with Crippen LogP contribution in [0.15, 0.2) is 12.1 Å². The van der Waals surface area contributed by atoms with E-state index < -0.39 is 24.1 Å². The number of carbonyl (C=O) groups excluding carboxylic acids is 1. The number of nitrogens with one attached hydrogen (secondary N) is 1. The molecule has 0 saturated carbocycles. The molecule has 1 aromatic rings. The summed E-state index contributed by atoms with van der Waals surface area (Å²) >= 11 is 3.62. The summed E-state index contributed by atoms with van der Waals surface area (Å²) in [6.45, 7) is 0. The Morgan fingerprint density at radius 1 is 1.24 bits per heavy atom. The van der Waals surface area contributed by atoms with Gasteiger partial charge in [-0.15, -0.1) is 0 Å². The third-order valence-corrected chi connectivity index (χ3v) is 4.02. The van der Waals surface area contributed by atoms with Gasteiger partial charge in [-0.25, -0.2) is 4.79 Å². The van der Waals surface area contributed by atoms with E-state index in [4.69, 9.17) is 5.11 Å². The van der Waals surface area contributed by atoms with Gasteiger partial charge in [-0.2, -0.15) is 13.2 Å². The number of amides is 1. The van der Waals surface area contributed by atoms with Gasteiger partial charge < -0.3 is 15.5 Å². The van der Waals surface area contributed by atoms with E-state index in [-0.39, 0.29) is 12.2 Å². The topological polar surface area (TPSA) is 86.6 Å². The lowest BCUT2D eigenvalue weighted by Gasteiger charge is -2.16. The van der Waals surface area contributed by atoms with Crippen molar-refractivity contribution in [2.24, 2.45) is 0 Å². The molecule has 0 bridgehead atoms. The van der Waals surface area contributed by atoms with E-state index in [9.17, 15) is 27.9 Å². The second-order valence-corrected chi connectivity index (χ2v) is 6.30. The summed E-state index contributed by atoms with van der Waals surface area (Å²) in [7, 11) is 0. The van der Waals surface area contributed by atoms with Gasteiger partial charge in [0.1, 0.15) is 11.8 Å². The average Bonchev–Trinajstić information content (AvgIpc) is 2.33. The molecular weight excluding hydrogens is 521 g/mol. The van der Waals surface area contributed by atoms with Crippen LogP contribution in [0.3, 0.4) is 0 Å². The first kappa shape index (κ1) is 18.3. The van der Waals surface area contributed by atoms with Gasteiger partial charge in [0, 0.05) is 6.42 Å². The molecule has 116 valence electrons. The number of halogens is 5. The highest BCUT2D eigenvalue weighted by molar-refractivity contribution is 14.1. The fraction of sp³-hybridized carbons (Fsp3) is 0.273. The van der Waals surface area contributed by atoms with Gasteiger partial charge >= 0.3 is 18.1 Å². The Hall–Kier alpha value is -0.790. The van der Waals surface area contributed by atoms with Crippen molar-refractivity contribution in [3.8, 4) is 5.75 Å². The van der Waals surface area contributed by atoms with Crippen LogP contribution in [-0.4, -0.2) is 34.3 Å². The zero-order valence-corrected chi connectivity index (χ0v) is 14.4. The molecule has 0 saturated heterocycles. The first-order chi connectivity index (χ1) is 9.52. The van der Waals surface area contributed by atoms with Gasteiger partial charge in [-0.1, -0.05) is 0 Å². The van der Waals surface area contributed by atoms with Crippen molar-refractivity contribution < 1.29 is 33.0 Å². The van der Waals surface area contributed by atoms with Crippen LogP contribution in [0.5, 0.6) is 5.75 Å². The quantitative estimate of drug-likeness (QED) is 0.523. The first-order valence-electron chi connectivity index (χ1n) is 5.29. The molecule has 0 aliphatic carbocycles. The van der Waals surface area contributed by atoms with E-state index in [1.165, 1.54) is 17.4 Å². The monoisotopic (exact) mass is 529 g/mol. The van der Waals surface area contributed by atoms with E-state index in [0.29, 0.717) is 12.7 Å². The molecule has 0 aliphatic rings. The standard InChI is InChI=1S/C11H8F3I2NO4/c12-11(13,14)10(21)17-7(9(19)20)3-4-1-5(15)8(18)6(16)2-4/h1-2,7,18H,3H2,(H,17,21)(H,19,20)/t7-/m0/s1. The van der Waals surface area contributed by atoms with E-state index >= 15 is 0 Å². The summed E-state index contributed by atoms with van der Waals surface area (Å²) in [6, 6.07) is 1.16. The summed E-state index contributed by atoms with van der Waals surface area (Å²) in [5.74, 6) is -3.88. The van der Waals surface area contributed by atoms with Crippen LogP contribution in [-0.2, 0) is 16.0 Å². The van der Waals surface area contributed by atoms with Crippen LogP contribution < -0.4 is 5.32 Å². The molecule has 0 fully saturated rings. The molecule has 5 nitrogen and oxygen atoms in total. The fourth-order valence-corrected chi connectivity index (χ4v) is 3.31. The Kier molecular flexibility index (Phi) is 6.07. The molecule has 1 aromatic carbocycles. The third-order valence-electron chi connectivity index (χ3n) is 2.38. The number of carboxylic acids is 1. The van der Waals surface area contributed by atoms with Gasteiger partial charge in [-0.05, 0) is 62.9 Å². The summed E-state index contributed by atoms with van der Waals surface area (Å²) in [6.07, 6.45) is -5.48. The molecule has 0 unspecified atom stereocenters. The maximum absolute atomic E-state index is 12.2. The SMILES string of the molecule is O=C(O)[C@H](Cc1cc(I)c(O)c(I)c1)NC(=O)C(F)(F)F. The molecule has 3 N–H and O–H groups in total. The predicted octanol–water partition coefficient (Wildman–Crippen LogP) is 2.28. The zero-order chi connectivity index (χ0) is 16.4. The highest BCUT2D eigenvalue weighted by atomic mass is 127. The van der Waals surface area contributed by atoms with Crippen LogP contribution in [0.2, 0.25) is 0 Å². The maximum Gasteiger partial charge on any atom is 0.471 e. The second kappa shape index (κ2) is 6.98. The summed E-state index contributed by atoms with van der Waals surface area (Å²) in [5.41, 5.74) is 0.386. The van der Waals surface area contributed by atoms with E-state index in [0.717, 1.165) is 0 Å². The molecule has 10 heteroatoms. The number of carbonyl (C=O) groups is 2. The number of hydrogen-bond donors (Lipinski definition) is 3. The van der Waals surface area contributed by atoms with Crippen molar-refractivity contribution in [1.82, 2.24) is 5.32 Å². The van der Waals surface area contributed by atoms with Crippen molar-refractivity contribution in [2.45, 2.75) is 18.6 Å². The van der Waals surface area contributed by atoms with E-state index in [1.54, 1.807) is 0 Å². The van der Waals surface area contributed by atoms with Crippen molar-refractivity contribution in [1.29, 1.82) is 0 Å². The molecule has 0 spiro atoms. The highest BCUT2D eigenvalue weighted by Gasteiger charge is 2.40. The number of aliphatic carboxylic acids is 1. The Labute approximate surface area is 144 Å². The van der Waals surface area contributed by atoms with Crippen LogP contribution >= 0.6 is 45.2 Å². The van der Waals surface area contributed by atoms with Crippen molar-refractivity contribution >= 4 is 57.1 Å². The lowest BCUT2D eigenvalue weighted by molar-refractivity contribution is -0.175. The van der Waals surface area contributed by atoms with Crippen molar-refractivity contribution in [3.05, 3.63) is 24.8 Å². The summed E-state index contributed by atoms with van der Waals surface area (Å²) in [5, 5.41) is 19.9. The number of phenols is 1. The minimum atomic E-state index is -5.15. The number of aromatic hydroxyl groups is 1. The molecule has 0 aliphatic heterocycles. The normalized spacial score (nSPS) is 12.8. The van der Waals surface area contributed by atoms with Crippen LogP contribution in [0.1, 0.15) is 5.56 Å². The number of carboxylic acid groups (broad SMARTS) is 1. The van der Waals surface area contributed by atoms with Crippen LogP contribution in [0, 0.1) is 7.14 Å². The Morgan fingerprint density at radius 2 is 1.71 bits per heavy atom. The molecule has 0 aromatic heterocycles. The molecule has 21 heavy (non-hydrogen) atoms. The molecule has 0 radical (unpaired) electrons. The Bertz CT molecular complexity index is 554. The lowest BCUT2D eigenvalue weighted by Crippen LogP contribution is -2.47. The maximum atomic E-state index is 12.2. The third kappa shape index (κ3) is 5.16. The van der Waals surface area contributed by atoms with Gasteiger partial charge in [0.15, 0.2) is 0 Å². The minimum Gasteiger partial charge on any atom is -0.506 e. The number of alkyl halides is 3. The largest absolute Gasteiger partial charge is 0.506 e. The second-order valence-electron chi connectivity index (χ2n) is 3.97.